The average Bonchev–Trinajstić information content (AvgIpc) is 2.90. The first-order valence-corrected chi connectivity index (χ1v) is 7.91. The minimum atomic E-state index is -0.558. The fourth-order valence-electron chi connectivity index (χ4n) is 1.92. The van der Waals surface area contributed by atoms with E-state index in [1.54, 1.807) is 12.1 Å². The molecule has 0 radical (unpaired) electrons. The number of hydrogen-bond acceptors (Lipinski definition) is 7. The second kappa shape index (κ2) is 6.43. The summed E-state index contributed by atoms with van der Waals surface area (Å²) >= 11 is 7.37. The van der Waals surface area contributed by atoms with Gasteiger partial charge in [0.15, 0.2) is 12.4 Å². The van der Waals surface area contributed by atoms with E-state index in [1.807, 2.05) is 12.1 Å². The number of nitrogens with zero attached hydrogens (tertiary/aromatic N) is 3. The fraction of sp³-hybridized carbons (Fsp3) is 0.143. The largest absolute Gasteiger partial charge is 0.489 e. The number of rotatable bonds is 4. The minimum Gasteiger partial charge on any atom is -0.489 e. The Morgan fingerprint density at radius 1 is 1.30 bits per heavy atom. The molecule has 0 fully saturated rings. The van der Waals surface area contributed by atoms with Crippen LogP contribution in [0.4, 0.5) is 0 Å². The Kier molecular flexibility index (Phi) is 4.35. The van der Waals surface area contributed by atoms with Gasteiger partial charge in [0.05, 0.1) is 10.8 Å². The lowest BCUT2D eigenvalue weighted by Gasteiger charge is -2.12. The van der Waals surface area contributed by atoms with Gasteiger partial charge in [-0.05, 0) is 12.1 Å². The average molecular weight is 351 g/mol. The van der Waals surface area contributed by atoms with E-state index < -0.39 is 11.6 Å². The van der Waals surface area contributed by atoms with Gasteiger partial charge < -0.3 is 10.6 Å². The number of nitrogens with two attached hydrogens (primary N) is 1. The van der Waals surface area contributed by atoms with Crippen molar-refractivity contribution >= 4 is 34.9 Å². The summed E-state index contributed by atoms with van der Waals surface area (Å²) in [6.07, 6.45) is 1.19. The van der Waals surface area contributed by atoms with Gasteiger partial charge in [0, 0.05) is 11.6 Å². The number of carbonyl (C=O) groups is 2. The van der Waals surface area contributed by atoms with Crippen LogP contribution in [0.3, 0.4) is 0 Å². The number of allylic oxidation sites excluding steroid dienone is 1. The highest BCUT2D eigenvalue weighted by molar-refractivity contribution is 7.99. The van der Waals surface area contributed by atoms with Gasteiger partial charge in [-0.1, -0.05) is 35.5 Å². The molecule has 0 saturated heterocycles. The van der Waals surface area contributed by atoms with Crippen LogP contribution in [0.25, 0.3) is 11.4 Å². The lowest BCUT2D eigenvalue weighted by atomic mass is 10.2. The lowest BCUT2D eigenvalue weighted by molar-refractivity contribution is -0.137. The smallest absolute Gasteiger partial charge is 0.240 e. The van der Waals surface area contributed by atoms with Crippen LogP contribution >= 0.6 is 23.4 Å². The number of Topliss-reactive ketones (excluding diaryl/α,β-unsaturated/α-hetero) is 1. The second-order valence-electron chi connectivity index (χ2n) is 4.63. The van der Waals surface area contributed by atoms with Crippen molar-refractivity contribution in [2.45, 2.75) is 5.16 Å². The van der Waals surface area contributed by atoms with E-state index in [1.165, 1.54) is 22.5 Å². The van der Waals surface area contributed by atoms with Crippen molar-refractivity contribution in [3.05, 3.63) is 41.1 Å². The summed E-state index contributed by atoms with van der Waals surface area (Å²) in [5, 5.41) is 9.01. The maximum atomic E-state index is 11.3. The van der Waals surface area contributed by atoms with Crippen molar-refractivity contribution in [1.82, 2.24) is 14.9 Å². The van der Waals surface area contributed by atoms with E-state index in [2.05, 4.69) is 10.2 Å². The number of nitrogen functional groups attached to an aromatic ring is 1. The molecule has 1 aliphatic rings. The maximum absolute atomic E-state index is 11.3. The number of carbonyl (C=O) groups excluding carboxylic acids is 2. The molecule has 3 rings (SSSR count). The predicted molar refractivity (Wildman–Crippen MR) is 85.4 cm³/mol. The molecule has 0 saturated carbocycles. The molecular weight excluding hydrogens is 340 g/mol. The Labute approximate surface area is 140 Å². The molecule has 7 nitrogen and oxygen atoms in total. The first kappa shape index (κ1) is 15.6. The van der Waals surface area contributed by atoms with E-state index in [-0.39, 0.29) is 6.61 Å². The summed E-state index contributed by atoms with van der Waals surface area (Å²) in [7, 11) is 0. The number of benzene rings is 1. The van der Waals surface area contributed by atoms with Crippen LogP contribution < -0.4 is 5.84 Å². The molecule has 118 valence electrons. The SMILES string of the molecule is Nn1c(SCC2=CC(=O)C(=O)CO2)nnc1-c1ccccc1Cl. The third kappa shape index (κ3) is 3.22. The molecule has 1 aliphatic heterocycles. The molecule has 0 amide bonds. The second-order valence-corrected chi connectivity index (χ2v) is 5.98. The third-order valence-corrected chi connectivity index (χ3v) is 4.37. The van der Waals surface area contributed by atoms with Crippen molar-refractivity contribution in [1.29, 1.82) is 0 Å². The molecule has 9 heteroatoms. The van der Waals surface area contributed by atoms with E-state index in [9.17, 15) is 9.59 Å². The van der Waals surface area contributed by atoms with Crippen molar-refractivity contribution in [3.8, 4) is 11.4 Å². The summed E-state index contributed by atoms with van der Waals surface area (Å²) in [5.74, 6) is 6.04. The summed E-state index contributed by atoms with van der Waals surface area (Å²) in [6.45, 7) is -0.231. The summed E-state index contributed by atoms with van der Waals surface area (Å²) in [4.78, 5) is 22.4. The Bertz CT molecular complexity index is 818. The van der Waals surface area contributed by atoms with Gasteiger partial charge in [0.1, 0.15) is 5.76 Å². The highest BCUT2D eigenvalue weighted by atomic mass is 35.5. The number of halogens is 1. The molecule has 2 aromatic rings. The van der Waals surface area contributed by atoms with Gasteiger partial charge in [-0.3, -0.25) is 9.59 Å². The molecule has 2 heterocycles. The topological polar surface area (TPSA) is 100 Å². The Morgan fingerprint density at radius 3 is 2.83 bits per heavy atom. The number of aromatic nitrogens is 3. The fourth-order valence-corrected chi connectivity index (χ4v) is 2.90. The standard InChI is InChI=1S/C14H11ClN4O3S/c15-10-4-2-1-3-9(10)13-17-18-14(19(13)16)23-7-8-5-11(20)12(21)6-22-8/h1-5H,6-7,16H2. The van der Waals surface area contributed by atoms with Gasteiger partial charge in [0.2, 0.25) is 16.7 Å². The first-order chi connectivity index (χ1) is 11.1. The van der Waals surface area contributed by atoms with Crippen LogP contribution in [0.5, 0.6) is 0 Å². The van der Waals surface area contributed by atoms with Crippen molar-refractivity contribution in [2.24, 2.45) is 0 Å². The van der Waals surface area contributed by atoms with E-state index in [0.29, 0.717) is 33.1 Å². The van der Waals surface area contributed by atoms with Gasteiger partial charge in [-0.2, -0.15) is 0 Å². The van der Waals surface area contributed by atoms with Crippen LogP contribution in [0, 0.1) is 0 Å². The zero-order valence-corrected chi connectivity index (χ0v) is 13.3. The summed E-state index contributed by atoms with van der Waals surface area (Å²) in [5.41, 5.74) is 0.671. The van der Waals surface area contributed by atoms with Crippen LogP contribution in [0.15, 0.2) is 41.3 Å². The molecule has 23 heavy (non-hydrogen) atoms. The minimum absolute atomic E-state index is 0.231. The molecular formula is C14H11ClN4O3S. The Morgan fingerprint density at radius 2 is 2.09 bits per heavy atom. The number of thioether (sulfide) groups is 1. The first-order valence-electron chi connectivity index (χ1n) is 6.55. The van der Waals surface area contributed by atoms with Crippen LogP contribution in [-0.4, -0.2) is 38.8 Å². The Hall–Kier alpha value is -2.32. The molecule has 1 aromatic carbocycles. The van der Waals surface area contributed by atoms with Gasteiger partial charge in [-0.15, -0.1) is 10.2 Å². The van der Waals surface area contributed by atoms with Crippen molar-refractivity contribution < 1.29 is 14.3 Å². The Balaban J connectivity index is 1.76. The molecule has 0 aliphatic carbocycles. The highest BCUT2D eigenvalue weighted by Gasteiger charge is 2.21. The third-order valence-electron chi connectivity index (χ3n) is 3.08. The molecule has 1 aromatic heterocycles. The van der Waals surface area contributed by atoms with Crippen LogP contribution in [-0.2, 0) is 14.3 Å². The summed E-state index contributed by atoms with van der Waals surface area (Å²) in [6, 6.07) is 7.17. The van der Waals surface area contributed by atoms with Gasteiger partial charge in [-0.25, -0.2) is 4.68 Å². The van der Waals surface area contributed by atoms with Crippen LogP contribution in [0.1, 0.15) is 0 Å². The maximum Gasteiger partial charge on any atom is 0.240 e. The lowest BCUT2D eigenvalue weighted by Crippen LogP contribution is -2.23. The normalized spacial score (nSPS) is 14.6. The molecule has 0 unspecified atom stereocenters. The van der Waals surface area contributed by atoms with Crippen molar-refractivity contribution in [3.63, 3.8) is 0 Å². The van der Waals surface area contributed by atoms with Gasteiger partial charge >= 0.3 is 0 Å². The number of ketones is 2. The van der Waals surface area contributed by atoms with E-state index in [4.69, 9.17) is 22.2 Å². The number of hydrogen-bond donors (Lipinski definition) is 1. The predicted octanol–water partition coefficient (Wildman–Crippen LogP) is 1.46. The molecule has 0 spiro atoms. The highest BCUT2D eigenvalue weighted by Crippen LogP contribution is 2.28. The van der Waals surface area contributed by atoms with E-state index >= 15 is 0 Å². The van der Waals surface area contributed by atoms with Crippen LogP contribution in [0.2, 0.25) is 5.02 Å². The monoisotopic (exact) mass is 350 g/mol. The van der Waals surface area contributed by atoms with Gasteiger partial charge in [0.25, 0.3) is 0 Å². The summed E-state index contributed by atoms with van der Waals surface area (Å²) < 4.78 is 6.50. The molecule has 2 N–H and O–H groups in total. The number of ether oxygens (including phenoxy) is 1. The molecule has 0 bridgehead atoms. The zero-order chi connectivity index (χ0) is 16.4. The zero-order valence-electron chi connectivity index (χ0n) is 11.7. The quantitative estimate of drug-likeness (QED) is 0.506. The molecule has 0 atom stereocenters. The van der Waals surface area contributed by atoms with Crippen molar-refractivity contribution in [2.75, 3.05) is 18.2 Å². The van der Waals surface area contributed by atoms with E-state index in [0.717, 1.165) is 0 Å².